The van der Waals surface area contributed by atoms with Gasteiger partial charge in [-0.15, -0.1) is 0 Å². The lowest BCUT2D eigenvalue weighted by Crippen LogP contribution is -2.29. The van der Waals surface area contributed by atoms with E-state index >= 15 is 0 Å². The van der Waals surface area contributed by atoms with Crippen molar-refractivity contribution in [2.75, 3.05) is 19.8 Å². The van der Waals surface area contributed by atoms with Crippen LogP contribution in [-0.2, 0) is 41.5 Å². The Labute approximate surface area is 212 Å². The van der Waals surface area contributed by atoms with Crippen LogP contribution in [-0.4, -0.2) is 104 Å². The molecule has 4 radical (unpaired) electrons. The fraction of sp³-hybridized carbons (Fsp3) is 0.944. The van der Waals surface area contributed by atoms with Crippen molar-refractivity contribution in [2.45, 2.75) is 87.4 Å². The van der Waals surface area contributed by atoms with E-state index in [2.05, 4.69) is 0 Å². The second-order valence-electron chi connectivity index (χ2n) is 8.56. The molecule has 6 N–H and O–H groups in total. The molecule has 18 heteroatoms. The van der Waals surface area contributed by atoms with E-state index in [4.69, 9.17) is 54.1 Å². The van der Waals surface area contributed by atoms with Crippen molar-refractivity contribution in [1.29, 1.82) is 0 Å². The van der Waals surface area contributed by atoms with Crippen molar-refractivity contribution in [3.05, 3.63) is 0 Å². The fourth-order valence-corrected chi connectivity index (χ4v) is 5.44. The molecule has 204 valence electrons. The molecule has 2 heterocycles. The van der Waals surface area contributed by atoms with Crippen LogP contribution in [0.4, 0.5) is 0 Å². The molecule has 2 fully saturated rings. The minimum absolute atomic E-state index is 0.000261. The number of rotatable bonds is 17. The molecular weight excluding hydrogens is 522 g/mol. The summed E-state index contributed by atoms with van der Waals surface area (Å²) in [5.41, 5.74) is 5.37. The Hall–Kier alpha value is -0.340. The summed E-state index contributed by atoms with van der Waals surface area (Å²) in [6, 6.07) is -2.41. The van der Waals surface area contributed by atoms with Crippen molar-refractivity contribution in [3.8, 4) is 0 Å². The number of carboxylic acids is 1. The second-order valence-corrected chi connectivity index (χ2v) is 11.4. The molecule has 2 rings (SSSR count). The molecule has 2 aliphatic rings. The van der Waals surface area contributed by atoms with Crippen LogP contribution in [0.5, 0.6) is 0 Å². The van der Waals surface area contributed by atoms with Gasteiger partial charge in [0.25, 0.3) is 0 Å². The Bertz CT molecular complexity index is 796. The maximum absolute atomic E-state index is 12.3. The van der Waals surface area contributed by atoms with Crippen LogP contribution in [0.1, 0.15) is 44.9 Å². The average molecular weight is 555 g/mol. The zero-order chi connectivity index (χ0) is 26.9. The third-order valence-corrected chi connectivity index (χ3v) is 7.61. The van der Waals surface area contributed by atoms with Crippen LogP contribution in [0, 0.1) is 0 Å². The average Bonchev–Trinajstić information content (AvgIpc) is 3.26. The first-order chi connectivity index (χ1) is 16.8. The lowest BCUT2D eigenvalue weighted by Gasteiger charge is -2.22. The highest BCUT2D eigenvalue weighted by Gasteiger charge is 2.39. The number of aliphatic hydroxyl groups is 1. The topological polar surface area (TPSA) is 214 Å². The molecule has 2 aliphatic heterocycles. The quantitative estimate of drug-likeness (QED) is 0.0902. The van der Waals surface area contributed by atoms with Crippen molar-refractivity contribution in [1.82, 2.24) is 0 Å². The molecular formula is C18H33B2NO13P2. The Morgan fingerprint density at radius 3 is 2.11 bits per heavy atom. The van der Waals surface area contributed by atoms with Gasteiger partial charge in [-0.25, -0.2) is 9.13 Å². The van der Waals surface area contributed by atoms with Gasteiger partial charge in [0.05, 0.1) is 44.2 Å². The maximum atomic E-state index is 12.3. The summed E-state index contributed by atoms with van der Waals surface area (Å²) in [6.45, 7) is -0.678. The first-order valence-corrected chi connectivity index (χ1v) is 14.5. The Morgan fingerprint density at radius 1 is 0.944 bits per heavy atom. The van der Waals surface area contributed by atoms with Gasteiger partial charge in [0.2, 0.25) is 0 Å². The SMILES string of the molecule is [B]C1CC(O)C(CCOP(=O)(O)OC2CC([B])OC2CCOP(=O)(O)OCCCCC(N)C(=O)O)O1. The number of nitrogens with two attached hydrogens (primary N) is 1. The Morgan fingerprint density at radius 2 is 1.50 bits per heavy atom. The van der Waals surface area contributed by atoms with Gasteiger partial charge in [-0.05, 0) is 32.1 Å². The lowest BCUT2D eigenvalue weighted by atomic mass is 9.96. The molecule has 0 aromatic carbocycles. The predicted molar refractivity (Wildman–Crippen MR) is 125 cm³/mol. The zero-order valence-electron chi connectivity index (χ0n) is 19.7. The van der Waals surface area contributed by atoms with Gasteiger partial charge in [-0.1, -0.05) is 0 Å². The molecule has 36 heavy (non-hydrogen) atoms. The minimum atomic E-state index is -4.52. The molecule has 9 atom stereocenters. The molecule has 0 aliphatic carbocycles. The summed E-state index contributed by atoms with van der Waals surface area (Å²) in [4.78, 5) is 30.5. The summed E-state index contributed by atoms with van der Waals surface area (Å²) >= 11 is 0. The van der Waals surface area contributed by atoms with E-state index in [1.807, 2.05) is 0 Å². The van der Waals surface area contributed by atoms with Crippen molar-refractivity contribution >= 4 is 37.3 Å². The van der Waals surface area contributed by atoms with E-state index in [1.54, 1.807) is 0 Å². The summed E-state index contributed by atoms with van der Waals surface area (Å²) < 4.78 is 54.9. The highest BCUT2D eigenvalue weighted by atomic mass is 31.2. The normalized spacial score (nSPS) is 32.7. The van der Waals surface area contributed by atoms with Gasteiger partial charge in [0.15, 0.2) is 0 Å². The van der Waals surface area contributed by atoms with Crippen molar-refractivity contribution in [2.24, 2.45) is 5.73 Å². The molecule has 0 amide bonds. The summed E-state index contributed by atoms with van der Waals surface area (Å²) in [7, 11) is 2.43. The fourth-order valence-electron chi connectivity index (χ4n) is 3.71. The van der Waals surface area contributed by atoms with Gasteiger partial charge in [0.1, 0.15) is 21.7 Å². The number of aliphatic hydroxyl groups excluding tert-OH is 1. The number of hydrogen-bond acceptors (Lipinski definition) is 11. The Kier molecular flexibility index (Phi) is 13.0. The van der Waals surface area contributed by atoms with E-state index in [0.717, 1.165) is 0 Å². The number of aliphatic carboxylic acids is 1. The largest absolute Gasteiger partial charge is 0.480 e. The van der Waals surface area contributed by atoms with Crippen LogP contribution in [0.25, 0.3) is 0 Å². The first kappa shape index (κ1) is 31.9. The smallest absolute Gasteiger partial charge is 0.472 e. The van der Waals surface area contributed by atoms with Crippen LogP contribution in [0.3, 0.4) is 0 Å². The predicted octanol–water partition coefficient (Wildman–Crippen LogP) is -0.0875. The highest BCUT2D eigenvalue weighted by Crippen LogP contribution is 2.48. The standard InChI is InChI=1S/C18H33B2NO13P2/c19-16-9-12(22)13(32-16)4-7-31-36(27,28)34-15-10-17(20)33-14(15)5-8-30-35(25,26)29-6-2-1-3-11(21)18(23)24/h11-17,22H,1-10,21H2,(H,23,24)(H,25,26)(H,27,28). The van der Waals surface area contributed by atoms with E-state index in [0.29, 0.717) is 12.8 Å². The van der Waals surface area contributed by atoms with E-state index in [1.165, 1.54) is 0 Å². The van der Waals surface area contributed by atoms with Crippen LogP contribution in [0.15, 0.2) is 0 Å². The number of carboxylic acid groups (broad SMARTS) is 1. The van der Waals surface area contributed by atoms with Crippen molar-refractivity contribution in [3.63, 3.8) is 0 Å². The number of phosphoric ester groups is 2. The molecule has 9 unspecified atom stereocenters. The first-order valence-electron chi connectivity index (χ1n) is 11.5. The number of phosphoric acid groups is 2. The number of carbonyl (C=O) groups is 1. The van der Waals surface area contributed by atoms with Gasteiger partial charge < -0.3 is 35.2 Å². The van der Waals surface area contributed by atoms with Gasteiger partial charge in [-0.3, -0.25) is 22.9 Å². The number of hydrogen-bond donors (Lipinski definition) is 5. The Balaban J connectivity index is 1.69. The molecule has 14 nitrogen and oxygen atoms in total. The van der Waals surface area contributed by atoms with Crippen LogP contribution >= 0.6 is 15.6 Å². The third kappa shape index (κ3) is 11.6. The number of ether oxygens (including phenoxy) is 2. The van der Waals surface area contributed by atoms with Crippen LogP contribution in [0.2, 0.25) is 0 Å². The molecule has 2 saturated heterocycles. The minimum Gasteiger partial charge on any atom is -0.480 e. The second kappa shape index (κ2) is 14.7. The summed E-state index contributed by atoms with van der Waals surface area (Å²) in [5.74, 6) is -1.13. The van der Waals surface area contributed by atoms with Crippen LogP contribution < -0.4 is 5.73 Å². The summed E-state index contributed by atoms with van der Waals surface area (Å²) in [5, 5.41) is 18.5. The molecule has 0 spiro atoms. The highest BCUT2D eigenvalue weighted by molar-refractivity contribution is 7.47. The zero-order valence-corrected chi connectivity index (χ0v) is 21.5. The van der Waals surface area contributed by atoms with Gasteiger partial charge >= 0.3 is 21.6 Å². The van der Waals surface area contributed by atoms with Gasteiger partial charge in [0, 0.05) is 24.8 Å². The molecule has 0 bridgehead atoms. The molecule has 0 aromatic rings. The van der Waals surface area contributed by atoms with E-state index < -0.39 is 64.1 Å². The third-order valence-electron chi connectivity index (χ3n) is 5.54. The van der Waals surface area contributed by atoms with Gasteiger partial charge in [-0.2, -0.15) is 0 Å². The van der Waals surface area contributed by atoms with Crippen molar-refractivity contribution < 1.29 is 61.5 Å². The van der Waals surface area contributed by atoms with E-state index in [9.17, 15) is 28.8 Å². The van der Waals surface area contributed by atoms with E-state index in [-0.39, 0.29) is 51.9 Å². The lowest BCUT2D eigenvalue weighted by molar-refractivity contribution is -0.138. The maximum Gasteiger partial charge on any atom is 0.472 e. The monoisotopic (exact) mass is 555 g/mol. The summed E-state index contributed by atoms with van der Waals surface area (Å²) in [6.07, 6.45) is -1.85. The molecule has 0 aromatic heterocycles. The number of unbranched alkanes of at least 4 members (excludes halogenated alkanes) is 1. The molecule has 0 saturated carbocycles.